The number of ether oxygens (including phenoxy) is 1. The SMILES string of the molecule is CNC(c1ccc(OCCN2CCCC2)cc1)c1c(C)cccc1N1CCCCC1. The Hall–Kier alpha value is -2.04. The average Bonchev–Trinajstić information content (AvgIpc) is 3.30. The van der Waals surface area contributed by atoms with Crippen molar-refractivity contribution in [1.82, 2.24) is 10.2 Å². The monoisotopic (exact) mass is 407 g/mol. The summed E-state index contributed by atoms with van der Waals surface area (Å²) in [5.74, 6) is 0.967. The lowest BCUT2D eigenvalue weighted by Crippen LogP contribution is -2.32. The molecule has 0 amide bonds. The summed E-state index contributed by atoms with van der Waals surface area (Å²) in [5, 5.41) is 3.58. The van der Waals surface area contributed by atoms with Crippen molar-refractivity contribution in [2.75, 3.05) is 51.3 Å². The summed E-state index contributed by atoms with van der Waals surface area (Å²) in [5.41, 5.74) is 5.44. The van der Waals surface area contributed by atoms with Crippen LogP contribution in [0.2, 0.25) is 0 Å². The molecule has 162 valence electrons. The average molecular weight is 408 g/mol. The zero-order valence-electron chi connectivity index (χ0n) is 18.7. The second kappa shape index (κ2) is 10.3. The fourth-order valence-electron chi connectivity index (χ4n) is 4.98. The number of nitrogens with one attached hydrogen (secondary N) is 1. The van der Waals surface area contributed by atoms with Gasteiger partial charge in [0.05, 0.1) is 6.04 Å². The van der Waals surface area contributed by atoms with Crippen molar-refractivity contribution in [3.8, 4) is 5.75 Å². The van der Waals surface area contributed by atoms with E-state index >= 15 is 0 Å². The summed E-state index contributed by atoms with van der Waals surface area (Å²) in [4.78, 5) is 5.07. The molecule has 2 aromatic carbocycles. The Morgan fingerprint density at radius 1 is 0.900 bits per heavy atom. The van der Waals surface area contributed by atoms with Crippen molar-refractivity contribution in [3.05, 3.63) is 59.2 Å². The minimum atomic E-state index is 0.182. The molecule has 0 bridgehead atoms. The fourth-order valence-corrected chi connectivity index (χ4v) is 4.98. The number of likely N-dealkylation sites (tertiary alicyclic amines) is 1. The van der Waals surface area contributed by atoms with Crippen molar-refractivity contribution < 1.29 is 4.74 Å². The van der Waals surface area contributed by atoms with Crippen LogP contribution in [0.4, 0.5) is 5.69 Å². The van der Waals surface area contributed by atoms with Gasteiger partial charge in [0.2, 0.25) is 0 Å². The maximum atomic E-state index is 6.01. The zero-order chi connectivity index (χ0) is 20.8. The molecular weight excluding hydrogens is 370 g/mol. The first-order chi connectivity index (χ1) is 14.8. The smallest absolute Gasteiger partial charge is 0.119 e. The topological polar surface area (TPSA) is 27.7 Å². The molecule has 30 heavy (non-hydrogen) atoms. The number of aryl methyl sites for hydroxylation is 1. The van der Waals surface area contributed by atoms with Gasteiger partial charge in [-0.2, -0.15) is 0 Å². The number of hydrogen-bond donors (Lipinski definition) is 1. The highest BCUT2D eigenvalue weighted by molar-refractivity contribution is 5.60. The Bertz CT molecular complexity index is 792. The van der Waals surface area contributed by atoms with Crippen LogP contribution < -0.4 is 15.0 Å². The largest absolute Gasteiger partial charge is 0.492 e. The Labute approximate surface area is 182 Å². The number of hydrogen-bond acceptors (Lipinski definition) is 4. The Morgan fingerprint density at radius 2 is 1.60 bits per heavy atom. The van der Waals surface area contributed by atoms with Gasteiger partial charge in [-0.25, -0.2) is 0 Å². The summed E-state index contributed by atoms with van der Waals surface area (Å²) >= 11 is 0. The first-order valence-corrected chi connectivity index (χ1v) is 11.7. The fraction of sp³-hybridized carbons (Fsp3) is 0.538. The summed E-state index contributed by atoms with van der Waals surface area (Å²) in [6.07, 6.45) is 6.60. The number of anilines is 1. The van der Waals surface area contributed by atoms with Crippen molar-refractivity contribution >= 4 is 5.69 Å². The van der Waals surface area contributed by atoms with E-state index in [1.54, 1.807) is 0 Å². The highest BCUT2D eigenvalue weighted by Gasteiger charge is 2.22. The highest BCUT2D eigenvalue weighted by atomic mass is 16.5. The second-order valence-electron chi connectivity index (χ2n) is 8.74. The number of benzene rings is 2. The van der Waals surface area contributed by atoms with Gasteiger partial charge in [-0.3, -0.25) is 4.90 Å². The molecule has 2 saturated heterocycles. The third-order valence-electron chi connectivity index (χ3n) is 6.66. The molecule has 4 nitrogen and oxygen atoms in total. The molecule has 0 radical (unpaired) electrons. The standard InChI is InChI=1S/C26H37N3O/c1-21-9-8-10-24(29-17-4-3-5-18-29)25(21)26(27-2)22-11-13-23(14-12-22)30-20-19-28-15-6-7-16-28/h8-14,26-27H,3-7,15-20H2,1-2H3. The van der Waals surface area contributed by atoms with Crippen molar-refractivity contribution in [2.24, 2.45) is 0 Å². The third-order valence-corrected chi connectivity index (χ3v) is 6.66. The van der Waals surface area contributed by atoms with E-state index in [-0.39, 0.29) is 6.04 Å². The van der Waals surface area contributed by atoms with E-state index in [0.717, 1.165) is 32.0 Å². The van der Waals surface area contributed by atoms with Crippen LogP contribution in [-0.2, 0) is 0 Å². The summed E-state index contributed by atoms with van der Waals surface area (Å²) in [6, 6.07) is 15.6. The summed E-state index contributed by atoms with van der Waals surface area (Å²) in [7, 11) is 2.07. The van der Waals surface area contributed by atoms with Crippen molar-refractivity contribution in [1.29, 1.82) is 0 Å². The van der Waals surface area contributed by atoms with Crippen LogP contribution in [-0.4, -0.2) is 51.3 Å². The molecule has 0 aliphatic carbocycles. The molecule has 1 atom stereocenters. The quantitative estimate of drug-likeness (QED) is 0.682. The molecule has 2 aromatic rings. The molecular formula is C26H37N3O. The van der Waals surface area contributed by atoms with Gasteiger partial charge in [0, 0.05) is 25.3 Å². The minimum absolute atomic E-state index is 0.182. The van der Waals surface area contributed by atoms with Crippen LogP contribution in [0.15, 0.2) is 42.5 Å². The second-order valence-corrected chi connectivity index (χ2v) is 8.74. The van der Waals surface area contributed by atoms with Gasteiger partial charge in [-0.15, -0.1) is 0 Å². The number of nitrogens with zero attached hydrogens (tertiary/aromatic N) is 2. The molecule has 0 aromatic heterocycles. The van der Waals surface area contributed by atoms with Gasteiger partial charge in [0.25, 0.3) is 0 Å². The maximum absolute atomic E-state index is 6.01. The maximum Gasteiger partial charge on any atom is 0.119 e. The van der Waals surface area contributed by atoms with Crippen molar-refractivity contribution in [3.63, 3.8) is 0 Å². The van der Waals surface area contributed by atoms with Gasteiger partial charge in [-0.05, 0) is 94.1 Å². The molecule has 2 heterocycles. The van der Waals surface area contributed by atoms with Gasteiger partial charge in [-0.1, -0.05) is 24.3 Å². The summed E-state index contributed by atoms with van der Waals surface area (Å²) in [6.45, 7) is 8.81. The van der Waals surface area contributed by atoms with E-state index in [1.807, 2.05) is 0 Å². The molecule has 0 spiro atoms. The Morgan fingerprint density at radius 3 is 2.30 bits per heavy atom. The predicted octanol–water partition coefficient (Wildman–Crippen LogP) is 4.77. The van der Waals surface area contributed by atoms with E-state index in [9.17, 15) is 0 Å². The zero-order valence-corrected chi connectivity index (χ0v) is 18.7. The van der Waals surface area contributed by atoms with Crippen LogP contribution >= 0.6 is 0 Å². The lowest BCUT2D eigenvalue weighted by atomic mass is 9.92. The lowest BCUT2D eigenvalue weighted by Gasteiger charge is -2.33. The number of rotatable bonds is 8. The molecule has 2 aliphatic rings. The normalized spacial score (nSPS) is 18.5. The third kappa shape index (κ3) is 4.98. The number of piperidine rings is 1. The molecule has 4 heteroatoms. The van der Waals surface area contributed by atoms with E-state index in [2.05, 4.69) is 71.6 Å². The van der Waals surface area contributed by atoms with E-state index < -0.39 is 0 Å². The molecule has 4 rings (SSSR count). The first kappa shape index (κ1) is 21.2. The lowest BCUT2D eigenvalue weighted by molar-refractivity contribution is 0.237. The van der Waals surface area contributed by atoms with Gasteiger partial charge >= 0.3 is 0 Å². The van der Waals surface area contributed by atoms with E-state index in [1.165, 1.54) is 67.6 Å². The molecule has 2 fully saturated rings. The minimum Gasteiger partial charge on any atom is -0.492 e. The van der Waals surface area contributed by atoms with Gasteiger partial charge < -0.3 is 15.0 Å². The van der Waals surface area contributed by atoms with Crippen LogP contribution in [0.3, 0.4) is 0 Å². The van der Waals surface area contributed by atoms with Gasteiger partial charge in [0.1, 0.15) is 12.4 Å². The Kier molecular flexibility index (Phi) is 7.29. The summed E-state index contributed by atoms with van der Waals surface area (Å²) < 4.78 is 6.01. The van der Waals surface area contributed by atoms with Crippen LogP contribution in [0.5, 0.6) is 5.75 Å². The van der Waals surface area contributed by atoms with E-state index in [0.29, 0.717) is 0 Å². The first-order valence-electron chi connectivity index (χ1n) is 11.7. The Balaban J connectivity index is 1.48. The van der Waals surface area contributed by atoms with Crippen LogP contribution in [0.25, 0.3) is 0 Å². The molecule has 1 unspecified atom stereocenters. The molecule has 2 aliphatic heterocycles. The van der Waals surface area contributed by atoms with Gasteiger partial charge in [0.15, 0.2) is 0 Å². The van der Waals surface area contributed by atoms with E-state index in [4.69, 9.17) is 4.74 Å². The highest BCUT2D eigenvalue weighted by Crippen LogP contribution is 2.35. The van der Waals surface area contributed by atoms with Crippen LogP contribution in [0, 0.1) is 6.92 Å². The molecule has 0 saturated carbocycles. The molecule has 1 N–H and O–H groups in total. The van der Waals surface area contributed by atoms with Crippen molar-refractivity contribution in [2.45, 2.75) is 45.1 Å². The van der Waals surface area contributed by atoms with Crippen LogP contribution in [0.1, 0.15) is 54.8 Å². The predicted molar refractivity (Wildman–Crippen MR) is 126 cm³/mol.